The molecule has 1 aliphatic rings. The maximum atomic E-state index is 8.96. The number of nitrogens with one attached hydrogen (secondary N) is 2. The van der Waals surface area contributed by atoms with Gasteiger partial charge in [0.2, 0.25) is 5.95 Å². The van der Waals surface area contributed by atoms with Gasteiger partial charge >= 0.3 is 0 Å². The summed E-state index contributed by atoms with van der Waals surface area (Å²) in [7, 11) is 0. The van der Waals surface area contributed by atoms with Crippen molar-refractivity contribution in [3.05, 3.63) is 52.3 Å². The standard InChI is InChI=1S/C15H12N6.2ClH/c16-4-10-1-11(5-17)3-12(2-10)6-19-15-20-8-13-7-18-9-14(13)21-15;;/h1-3,8,18H,6-7,9H2,(H,19,20,21);2*1H. The van der Waals surface area contributed by atoms with Crippen molar-refractivity contribution in [3.8, 4) is 12.1 Å². The molecule has 2 heterocycles. The normalized spacial score (nSPS) is 11.2. The monoisotopic (exact) mass is 348 g/mol. The van der Waals surface area contributed by atoms with E-state index in [0.717, 1.165) is 29.9 Å². The van der Waals surface area contributed by atoms with Crippen LogP contribution in [0.15, 0.2) is 24.4 Å². The summed E-state index contributed by atoms with van der Waals surface area (Å²) in [6, 6.07) is 9.19. The summed E-state index contributed by atoms with van der Waals surface area (Å²) in [5.74, 6) is 0.554. The predicted molar refractivity (Wildman–Crippen MR) is 90.3 cm³/mol. The molecule has 3 rings (SSSR count). The lowest BCUT2D eigenvalue weighted by atomic mass is 10.1. The molecule has 6 nitrogen and oxygen atoms in total. The van der Waals surface area contributed by atoms with Crippen molar-refractivity contribution < 1.29 is 0 Å². The fraction of sp³-hybridized carbons (Fsp3) is 0.200. The average molecular weight is 349 g/mol. The van der Waals surface area contributed by atoms with Crippen molar-refractivity contribution in [2.75, 3.05) is 5.32 Å². The van der Waals surface area contributed by atoms with E-state index in [1.54, 1.807) is 18.2 Å². The second-order valence-electron chi connectivity index (χ2n) is 4.76. The number of anilines is 1. The molecule has 0 spiro atoms. The third-order valence-electron chi connectivity index (χ3n) is 3.26. The zero-order valence-corrected chi connectivity index (χ0v) is 13.7. The van der Waals surface area contributed by atoms with Gasteiger partial charge in [0.05, 0.1) is 29.0 Å². The molecule has 118 valence electrons. The Kier molecular flexibility index (Phi) is 6.74. The number of halogens is 2. The number of aromatic nitrogens is 2. The molecular weight excluding hydrogens is 335 g/mol. The molecule has 0 amide bonds. The van der Waals surface area contributed by atoms with Crippen LogP contribution in [-0.2, 0) is 19.6 Å². The highest BCUT2D eigenvalue weighted by molar-refractivity contribution is 5.85. The van der Waals surface area contributed by atoms with Gasteiger partial charge < -0.3 is 10.6 Å². The second-order valence-corrected chi connectivity index (χ2v) is 4.76. The molecule has 0 saturated heterocycles. The van der Waals surface area contributed by atoms with Crippen LogP contribution in [-0.4, -0.2) is 9.97 Å². The summed E-state index contributed by atoms with van der Waals surface area (Å²) >= 11 is 0. The maximum Gasteiger partial charge on any atom is 0.223 e. The first kappa shape index (κ1) is 18.7. The van der Waals surface area contributed by atoms with Crippen LogP contribution >= 0.6 is 24.8 Å². The highest BCUT2D eigenvalue weighted by Gasteiger charge is 2.12. The summed E-state index contributed by atoms with van der Waals surface area (Å²) < 4.78 is 0. The van der Waals surface area contributed by atoms with Crippen LogP contribution in [0.3, 0.4) is 0 Å². The zero-order valence-electron chi connectivity index (χ0n) is 12.0. The Morgan fingerprint density at radius 3 is 2.43 bits per heavy atom. The first-order valence-electron chi connectivity index (χ1n) is 6.52. The van der Waals surface area contributed by atoms with Crippen molar-refractivity contribution in [3.63, 3.8) is 0 Å². The van der Waals surface area contributed by atoms with E-state index in [1.807, 2.05) is 6.20 Å². The number of benzene rings is 1. The van der Waals surface area contributed by atoms with Gasteiger partial charge in [0.1, 0.15) is 0 Å². The van der Waals surface area contributed by atoms with E-state index in [9.17, 15) is 0 Å². The molecule has 2 N–H and O–H groups in total. The molecule has 2 aromatic rings. The smallest absolute Gasteiger partial charge is 0.223 e. The molecular formula is C15H14Cl2N6. The van der Waals surface area contributed by atoms with Crippen molar-refractivity contribution in [2.24, 2.45) is 0 Å². The van der Waals surface area contributed by atoms with E-state index in [0.29, 0.717) is 23.6 Å². The molecule has 0 saturated carbocycles. The predicted octanol–water partition coefficient (Wildman–Crippen LogP) is 2.28. The highest BCUT2D eigenvalue weighted by atomic mass is 35.5. The maximum absolute atomic E-state index is 8.96. The van der Waals surface area contributed by atoms with E-state index in [1.165, 1.54) is 0 Å². The Morgan fingerprint density at radius 2 is 1.78 bits per heavy atom. The Morgan fingerprint density at radius 1 is 1.09 bits per heavy atom. The van der Waals surface area contributed by atoms with Gasteiger partial charge in [-0.3, -0.25) is 0 Å². The van der Waals surface area contributed by atoms with Crippen LogP contribution in [0.25, 0.3) is 0 Å². The lowest BCUT2D eigenvalue weighted by Gasteiger charge is -2.07. The number of rotatable bonds is 3. The molecule has 0 unspecified atom stereocenters. The summed E-state index contributed by atoms with van der Waals surface area (Å²) in [6.45, 7) is 2.04. The van der Waals surface area contributed by atoms with Gasteiger partial charge in [0, 0.05) is 31.4 Å². The van der Waals surface area contributed by atoms with Gasteiger partial charge in [-0.25, -0.2) is 9.97 Å². The van der Waals surface area contributed by atoms with Crippen LogP contribution in [0.4, 0.5) is 5.95 Å². The van der Waals surface area contributed by atoms with E-state index in [2.05, 4.69) is 32.7 Å². The van der Waals surface area contributed by atoms with Crippen LogP contribution in [0, 0.1) is 22.7 Å². The van der Waals surface area contributed by atoms with Crippen LogP contribution in [0.5, 0.6) is 0 Å². The second kappa shape index (κ2) is 8.30. The first-order valence-corrected chi connectivity index (χ1v) is 6.52. The number of hydrogen-bond donors (Lipinski definition) is 2. The topological polar surface area (TPSA) is 97.4 Å². The number of fused-ring (bicyclic) bond motifs is 1. The lowest BCUT2D eigenvalue weighted by Crippen LogP contribution is -2.06. The number of nitriles is 2. The average Bonchev–Trinajstić information content (AvgIpc) is 3.00. The SMILES string of the molecule is Cl.Cl.N#Cc1cc(C#N)cc(CNc2ncc3c(n2)CNC3)c1. The largest absolute Gasteiger partial charge is 0.350 e. The molecule has 1 aromatic heterocycles. The number of nitrogens with zero attached hydrogens (tertiary/aromatic N) is 4. The fourth-order valence-corrected chi connectivity index (χ4v) is 2.25. The molecule has 23 heavy (non-hydrogen) atoms. The van der Waals surface area contributed by atoms with Crippen molar-refractivity contribution in [2.45, 2.75) is 19.6 Å². The molecule has 0 radical (unpaired) electrons. The molecule has 0 aliphatic carbocycles. The van der Waals surface area contributed by atoms with Crippen molar-refractivity contribution >= 4 is 30.8 Å². The summed E-state index contributed by atoms with van der Waals surface area (Å²) in [5.41, 5.74) is 3.94. The zero-order chi connectivity index (χ0) is 14.7. The third-order valence-corrected chi connectivity index (χ3v) is 3.26. The Labute approximate surface area is 146 Å². The Bertz CT molecular complexity index is 746. The molecule has 1 aliphatic heterocycles. The van der Waals surface area contributed by atoms with Gasteiger partial charge in [0.15, 0.2) is 0 Å². The third kappa shape index (κ3) is 4.30. The number of hydrogen-bond acceptors (Lipinski definition) is 6. The minimum absolute atomic E-state index is 0. The quantitative estimate of drug-likeness (QED) is 0.882. The molecule has 1 aromatic carbocycles. The minimum Gasteiger partial charge on any atom is -0.350 e. The van der Waals surface area contributed by atoms with Gasteiger partial charge in [0.25, 0.3) is 0 Å². The fourth-order valence-electron chi connectivity index (χ4n) is 2.25. The van der Waals surface area contributed by atoms with E-state index < -0.39 is 0 Å². The van der Waals surface area contributed by atoms with Gasteiger partial charge in [-0.2, -0.15) is 10.5 Å². The minimum atomic E-state index is 0. The van der Waals surface area contributed by atoms with Crippen LogP contribution in [0.2, 0.25) is 0 Å². The van der Waals surface area contributed by atoms with Crippen LogP contribution in [0.1, 0.15) is 27.9 Å². The van der Waals surface area contributed by atoms with Crippen molar-refractivity contribution in [1.82, 2.24) is 15.3 Å². The van der Waals surface area contributed by atoms with Gasteiger partial charge in [-0.05, 0) is 23.8 Å². The van der Waals surface area contributed by atoms with E-state index >= 15 is 0 Å². The summed E-state index contributed by atoms with van der Waals surface area (Å²) in [5, 5.41) is 24.3. The molecule has 0 fully saturated rings. The summed E-state index contributed by atoms with van der Waals surface area (Å²) in [4.78, 5) is 8.70. The summed E-state index contributed by atoms with van der Waals surface area (Å²) in [6.07, 6.45) is 1.82. The van der Waals surface area contributed by atoms with E-state index in [-0.39, 0.29) is 24.8 Å². The Balaban J connectivity index is 0.00000132. The molecule has 0 bridgehead atoms. The first-order chi connectivity index (χ1) is 10.3. The van der Waals surface area contributed by atoms with Crippen molar-refractivity contribution in [1.29, 1.82) is 10.5 Å². The Hall–Kier alpha value is -2.38. The van der Waals surface area contributed by atoms with Gasteiger partial charge in [-0.15, -0.1) is 24.8 Å². The lowest BCUT2D eigenvalue weighted by molar-refractivity contribution is 0.757. The molecule has 0 atom stereocenters. The van der Waals surface area contributed by atoms with Gasteiger partial charge in [-0.1, -0.05) is 0 Å². The molecule has 8 heteroatoms. The highest BCUT2D eigenvalue weighted by Crippen LogP contribution is 2.15. The van der Waals surface area contributed by atoms with E-state index in [4.69, 9.17) is 10.5 Å². The van der Waals surface area contributed by atoms with Crippen LogP contribution < -0.4 is 10.6 Å².